The van der Waals surface area contributed by atoms with E-state index >= 15 is 0 Å². The van der Waals surface area contributed by atoms with Crippen LogP contribution >= 0.6 is 11.6 Å². The van der Waals surface area contributed by atoms with Crippen molar-refractivity contribution in [1.29, 1.82) is 0 Å². The number of alkyl halides is 1. The van der Waals surface area contributed by atoms with Crippen LogP contribution in [0.25, 0.3) is 0 Å². The van der Waals surface area contributed by atoms with Crippen molar-refractivity contribution in [3.8, 4) is 5.75 Å². The molecule has 2 aromatic rings. The normalized spacial score (nSPS) is 10.5. The zero-order valence-corrected chi connectivity index (χ0v) is 8.72. The molecule has 0 aliphatic carbocycles. The molecule has 0 unspecified atom stereocenters. The van der Waals surface area contributed by atoms with Crippen molar-refractivity contribution < 1.29 is 5.11 Å². The molecule has 78 valence electrons. The average Bonchev–Trinajstić information content (AvgIpc) is 2.69. The van der Waals surface area contributed by atoms with Gasteiger partial charge in [0.2, 0.25) is 0 Å². The molecule has 0 aliphatic heterocycles. The molecule has 0 saturated carbocycles. The molecule has 0 amide bonds. The molecule has 0 fully saturated rings. The van der Waals surface area contributed by atoms with Gasteiger partial charge < -0.3 is 5.11 Å². The van der Waals surface area contributed by atoms with E-state index < -0.39 is 0 Å². The highest BCUT2D eigenvalue weighted by atomic mass is 35.5. The lowest BCUT2D eigenvalue weighted by atomic mass is 10.2. The minimum Gasteiger partial charge on any atom is -0.508 e. The molecular weight excluding hydrogens is 214 g/mol. The Labute approximate surface area is 92.1 Å². The fraction of sp³-hybridized carbons (Fsp3) is 0.200. The predicted octanol–water partition coefficient (Wildman–Crippen LogP) is 1.77. The fourth-order valence-electron chi connectivity index (χ4n) is 1.27. The van der Waals surface area contributed by atoms with Crippen molar-refractivity contribution in [3.05, 3.63) is 41.7 Å². The summed E-state index contributed by atoms with van der Waals surface area (Å²) < 4.78 is 1.71. The Kier molecular flexibility index (Phi) is 2.87. The molecule has 1 heterocycles. The third-order valence-electron chi connectivity index (χ3n) is 2.00. The Balaban J connectivity index is 2.11. The summed E-state index contributed by atoms with van der Waals surface area (Å²) in [5.74, 6) is 0.633. The number of hydrogen-bond acceptors (Lipinski definition) is 3. The van der Waals surface area contributed by atoms with Crippen LogP contribution < -0.4 is 0 Å². The molecule has 5 heteroatoms. The lowest BCUT2D eigenvalue weighted by Gasteiger charge is -2.00. The van der Waals surface area contributed by atoms with Crippen LogP contribution in [-0.4, -0.2) is 20.1 Å². The maximum atomic E-state index is 9.11. The average molecular weight is 224 g/mol. The lowest BCUT2D eigenvalue weighted by molar-refractivity contribution is 0.475. The van der Waals surface area contributed by atoms with Gasteiger partial charge in [0.05, 0.1) is 24.3 Å². The van der Waals surface area contributed by atoms with Crippen molar-refractivity contribution in [2.75, 3.05) is 0 Å². The largest absolute Gasteiger partial charge is 0.508 e. The Morgan fingerprint density at radius 1 is 1.27 bits per heavy atom. The maximum Gasteiger partial charge on any atom is 0.115 e. The Bertz CT molecular complexity index is 438. The van der Waals surface area contributed by atoms with Crippen LogP contribution in [0.3, 0.4) is 0 Å². The summed E-state index contributed by atoms with van der Waals surface area (Å²) >= 11 is 5.62. The number of phenols is 1. The summed E-state index contributed by atoms with van der Waals surface area (Å²) in [6, 6.07) is 6.98. The molecule has 0 bridgehead atoms. The SMILES string of the molecule is Oc1ccc(Cn2cc(CCl)nn2)cc1. The quantitative estimate of drug-likeness (QED) is 0.807. The van der Waals surface area contributed by atoms with Crippen LogP contribution in [0.2, 0.25) is 0 Å². The first-order chi connectivity index (χ1) is 7.28. The monoisotopic (exact) mass is 223 g/mol. The van der Waals surface area contributed by atoms with Crippen LogP contribution in [-0.2, 0) is 12.4 Å². The van der Waals surface area contributed by atoms with Crippen molar-refractivity contribution in [2.45, 2.75) is 12.4 Å². The summed E-state index contributed by atoms with van der Waals surface area (Å²) in [4.78, 5) is 0. The van der Waals surface area contributed by atoms with Crippen molar-refractivity contribution in [1.82, 2.24) is 15.0 Å². The molecule has 0 aliphatic rings. The minimum absolute atomic E-state index is 0.263. The number of nitrogens with zero attached hydrogens (tertiary/aromatic N) is 3. The standard InChI is InChI=1S/C10H10ClN3O/c11-5-9-7-14(13-12-9)6-8-1-3-10(15)4-2-8/h1-4,7,15H,5-6H2. The second kappa shape index (κ2) is 4.31. The highest BCUT2D eigenvalue weighted by molar-refractivity contribution is 6.16. The molecule has 1 aromatic heterocycles. The molecule has 0 spiro atoms. The zero-order chi connectivity index (χ0) is 10.7. The highest BCUT2D eigenvalue weighted by Gasteiger charge is 2.00. The number of halogens is 1. The van der Waals surface area contributed by atoms with Gasteiger partial charge in [0.15, 0.2) is 0 Å². The van der Waals surface area contributed by atoms with E-state index in [1.165, 1.54) is 0 Å². The third-order valence-corrected chi connectivity index (χ3v) is 2.28. The molecule has 0 saturated heterocycles. The van der Waals surface area contributed by atoms with E-state index in [4.69, 9.17) is 16.7 Å². The van der Waals surface area contributed by atoms with E-state index in [9.17, 15) is 0 Å². The van der Waals surface area contributed by atoms with Gasteiger partial charge in [0, 0.05) is 0 Å². The summed E-state index contributed by atoms with van der Waals surface area (Å²) in [6.07, 6.45) is 1.81. The van der Waals surface area contributed by atoms with Gasteiger partial charge in [0.1, 0.15) is 5.75 Å². The number of benzene rings is 1. The van der Waals surface area contributed by atoms with Crippen LogP contribution in [0.15, 0.2) is 30.5 Å². The van der Waals surface area contributed by atoms with Gasteiger partial charge in [-0.3, -0.25) is 0 Å². The van der Waals surface area contributed by atoms with Gasteiger partial charge in [-0.25, -0.2) is 4.68 Å². The van der Waals surface area contributed by atoms with Gasteiger partial charge in [-0.15, -0.1) is 16.7 Å². The van der Waals surface area contributed by atoms with Crippen LogP contribution in [0.1, 0.15) is 11.3 Å². The number of aromatic nitrogens is 3. The Morgan fingerprint density at radius 2 is 2.00 bits per heavy atom. The number of phenolic OH excluding ortho intramolecular Hbond substituents is 1. The number of aromatic hydroxyl groups is 1. The predicted molar refractivity (Wildman–Crippen MR) is 56.8 cm³/mol. The number of hydrogen-bond donors (Lipinski definition) is 1. The fourth-order valence-corrected chi connectivity index (χ4v) is 1.39. The smallest absolute Gasteiger partial charge is 0.115 e. The summed E-state index contributed by atoms with van der Waals surface area (Å²) in [5, 5.41) is 16.9. The van der Waals surface area contributed by atoms with E-state index in [-0.39, 0.29) is 5.75 Å². The van der Waals surface area contributed by atoms with Gasteiger partial charge in [-0.1, -0.05) is 17.3 Å². The van der Waals surface area contributed by atoms with Gasteiger partial charge >= 0.3 is 0 Å². The Hall–Kier alpha value is -1.55. The topological polar surface area (TPSA) is 50.9 Å². The van der Waals surface area contributed by atoms with E-state index in [0.717, 1.165) is 11.3 Å². The van der Waals surface area contributed by atoms with E-state index in [1.807, 2.05) is 12.1 Å². The van der Waals surface area contributed by atoms with Crippen molar-refractivity contribution >= 4 is 11.6 Å². The molecule has 15 heavy (non-hydrogen) atoms. The summed E-state index contributed by atoms with van der Waals surface area (Å²) in [7, 11) is 0. The summed E-state index contributed by atoms with van der Waals surface area (Å²) in [6.45, 7) is 0.629. The zero-order valence-electron chi connectivity index (χ0n) is 7.97. The molecule has 1 N–H and O–H groups in total. The van der Waals surface area contributed by atoms with Crippen molar-refractivity contribution in [2.24, 2.45) is 0 Å². The minimum atomic E-state index is 0.263. The second-order valence-corrected chi connectivity index (χ2v) is 3.47. The molecule has 1 aromatic carbocycles. The van der Waals surface area contributed by atoms with Crippen LogP contribution in [0, 0.1) is 0 Å². The molecule has 0 radical (unpaired) electrons. The van der Waals surface area contributed by atoms with Crippen LogP contribution in [0.4, 0.5) is 0 Å². The lowest BCUT2D eigenvalue weighted by Crippen LogP contribution is -1.99. The van der Waals surface area contributed by atoms with Crippen LogP contribution in [0.5, 0.6) is 5.75 Å². The highest BCUT2D eigenvalue weighted by Crippen LogP contribution is 2.10. The molecule has 2 rings (SSSR count). The second-order valence-electron chi connectivity index (χ2n) is 3.21. The molecule has 0 atom stereocenters. The summed E-state index contributed by atoms with van der Waals surface area (Å²) in [5.41, 5.74) is 1.81. The third kappa shape index (κ3) is 2.47. The van der Waals surface area contributed by atoms with E-state index in [1.54, 1.807) is 23.0 Å². The van der Waals surface area contributed by atoms with Gasteiger partial charge in [-0.2, -0.15) is 0 Å². The first-order valence-corrected chi connectivity index (χ1v) is 5.04. The first-order valence-electron chi connectivity index (χ1n) is 4.51. The van der Waals surface area contributed by atoms with E-state index in [0.29, 0.717) is 12.4 Å². The molecule has 4 nitrogen and oxygen atoms in total. The van der Waals surface area contributed by atoms with Crippen molar-refractivity contribution in [3.63, 3.8) is 0 Å². The maximum absolute atomic E-state index is 9.11. The number of rotatable bonds is 3. The Morgan fingerprint density at radius 3 is 2.60 bits per heavy atom. The van der Waals surface area contributed by atoms with E-state index in [2.05, 4.69) is 10.3 Å². The van der Waals surface area contributed by atoms with Gasteiger partial charge in [-0.05, 0) is 17.7 Å². The van der Waals surface area contributed by atoms with Gasteiger partial charge in [0.25, 0.3) is 0 Å². The first kappa shape index (κ1) is 9.98. The molecular formula is C10H10ClN3O.